The topological polar surface area (TPSA) is 105 Å². The number of rotatable bonds is 58. The lowest BCUT2D eigenvalue weighted by molar-refractivity contribution is -0.870. The summed E-state index contributed by atoms with van der Waals surface area (Å²) < 4.78 is 23.7. The van der Waals surface area contributed by atoms with Crippen molar-refractivity contribution in [3.8, 4) is 0 Å². The van der Waals surface area contributed by atoms with Gasteiger partial charge < -0.3 is 19.8 Å². The molecular formula is C63H124N2O6P+. The van der Waals surface area contributed by atoms with Crippen molar-refractivity contribution in [1.82, 2.24) is 5.32 Å². The van der Waals surface area contributed by atoms with Crippen LogP contribution in [0.15, 0.2) is 36.5 Å². The van der Waals surface area contributed by atoms with E-state index in [1.54, 1.807) is 6.08 Å². The number of aliphatic hydroxyl groups is 1. The first-order chi connectivity index (χ1) is 35.0. The summed E-state index contributed by atoms with van der Waals surface area (Å²) in [7, 11) is 1.57. The van der Waals surface area contributed by atoms with Crippen molar-refractivity contribution < 1.29 is 32.9 Å². The van der Waals surface area contributed by atoms with Gasteiger partial charge in [-0.05, 0) is 57.8 Å². The third kappa shape index (κ3) is 56.4. The normalized spacial score (nSPS) is 14.0. The Bertz CT molecular complexity index is 1270. The lowest BCUT2D eigenvalue weighted by atomic mass is 10.0. The minimum atomic E-state index is -4.36. The van der Waals surface area contributed by atoms with Crippen LogP contribution < -0.4 is 5.32 Å². The number of carbonyl (C=O) groups is 1. The molecule has 9 heteroatoms. The molecule has 1 amide bonds. The predicted molar refractivity (Wildman–Crippen MR) is 314 cm³/mol. The van der Waals surface area contributed by atoms with E-state index in [1.165, 1.54) is 250 Å². The number of hydrogen-bond acceptors (Lipinski definition) is 5. The molecule has 0 saturated heterocycles. The number of carbonyl (C=O) groups excluding carboxylic acids is 1. The Balaban J connectivity index is 4.13. The van der Waals surface area contributed by atoms with Crippen LogP contribution in [0.3, 0.4) is 0 Å². The fraction of sp³-hybridized carbons (Fsp3) is 0.889. The number of nitrogens with one attached hydrogen (secondary N) is 1. The first-order valence-corrected chi connectivity index (χ1v) is 32.9. The molecule has 0 bridgehead atoms. The number of hydrogen-bond donors (Lipinski definition) is 3. The smallest absolute Gasteiger partial charge is 0.387 e. The molecule has 0 aliphatic rings. The van der Waals surface area contributed by atoms with Crippen LogP contribution in [-0.2, 0) is 18.4 Å². The lowest BCUT2D eigenvalue weighted by Crippen LogP contribution is -2.45. The lowest BCUT2D eigenvalue weighted by Gasteiger charge is -2.25. The number of likely N-dealkylation sites (N-methyl/N-ethyl adjacent to an activating group) is 1. The van der Waals surface area contributed by atoms with Gasteiger partial charge in [-0.25, -0.2) is 4.57 Å². The fourth-order valence-corrected chi connectivity index (χ4v) is 10.1. The highest BCUT2D eigenvalue weighted by Gasteiger charge is 2.27. The van der Waals surface area contributed by atoms with E-state index in [2.05, 4.69) is 43.5 Å². The molecule has 0 aromatic carbocycles. The molecule has 426 valence electrons. The molecule has 72 heavy (non-hydrogen) atoms. The monoisotopic (exact) mass is 1040 g/mol. The largest absolute Gasteiger partial charge is 0.472 e. The average Bonchev–Trinajstić information content (AvgIpc) is 3.34. The third-order valence-electron chi connectivity index (χ3n) is 14.3. The number of phosphoric ester groups is 1. The van der Waals surface area contributed by atoms with Gasteiger partial charge in [-0.1, -0.05) is 281 Å². The summed E-state index contributed by atoms with van der Waals surface area (Å²) in [5.74, 6) is -0.181. The summed E-state index contributed by atoms with van der Waals surface area (Å²) >= 11 is 0. The van der Waals surface area contributed by atoms with Crippen LogP contribution >= 0.6 is 7.82 Å². The Kier molecular flexibility index (Phi) is 53.5. The second kappa shape index (κ2) is 54.5. The number of unbranched alkanes of at least 4 members (excludes halogenated alkanes) is 41. The zero-order chi connectivity index (χ0) is 52.7. The fourth-order valence-electron chi connectivity index (χ4n) is 9.41. The Labute approximate surface area is 448 Å². The zero-order valence-electron chi connectivity index (χ0n) is 48.7. The number of nitrogens with zero attached hydrogens (tertiary/aromatic N) is 1. The van der Waals surface area contributed by atoms with Gasteiger partial charge >= 0.3 is 7.82 Å². The van der Waals surface area contributed by atoms with E-state index in [0.717, 1.165) is 38.5 Å². The van der Waals surface area contributed by atoms with Crippen LogP contribution in [0.5, 0.6) is 0 Å². The summed E-state index contributed by atoms with van der Waals surface area (Å²) in [5.41, 5.74) is 0. The number of amides is 1. The molecule has 0 spiro atoms. The highest BCUT2D eigenvalue weighted by atomic mass is 31.2. The van der Waals surface area contributed by atoms with Gasteiger partial charge in [0.1, 0.15) is 13.2 Å². The number of quaternary nitrogens is 1. The number of aliphatic hydroxyl groups excluding tert-OH is 1. The SMILES string of the molecule is CCCCCCCCCC/C=C\CCCCCCCCCCCCCCCCCCCC(=O)NC(COP(=O)(O)OCC[N+](C)(C)C)C(O)/C=C/CC/C=C/CCCCCCCCCCCCCCCCC. The Morgan fingerprint density at radius 1 is 0.458 bits per heavy atom. The van der Waals surface area contributed by atoms with Crippen LogP contribution in [0, 0.1) is 0 Å². The summed E-state index contributed by atoms with van der Waals surface area (Å²) in [6.07, 6.45) is 71.3. The summed E-state index contributed by atoms with van der Waals surface area (Å²) in [5, 5.41) is 13.9. The van der Waals surface area contributed by atoms with Crippen molar-refractivity contribution >= 4 is 13.7 Å². The quantitative estimate of drug-likeness (QED) is 0.0243. The molecule has 3 N–H and O–H groups in total. The van der Waals surface area contributed by atoms with Crippen LogP contribution in [0.1, 0.15) is 309 Å². The molecule has 0 aromatic heterocycles. The molecule has 8 nitrogen and oxygen atoms in total. The van der Waals surface area contributed by atoms with Gasteiger partial charge in [0.25, 0.3) is 0 Å². The highest BCUT2D eigenvalue weighted by molar-refractivity contribution is 7.47. The maximum atomic E-state index is 13.0. The van der Waals surface area contributed by atoms with Crippen LogP contribution in [-0.4, -0.2) is 73.4 Å². The Morgan fingerprint density at radius 2 is 0.764 bits per heavy atom. The van der Waals surface area contributed by atoms with Gasteiger partial charge in [-0.2, -0.15) is 0 Å². The minimum absolute atomic E-state index is 0.0577. The van der Waals surface area contributed by atoms with Crippen molar-refractivity contribution in [3.63, 3.8) is 0 Å². The highest BCUT2D eigenvalue weighted by Crippen LogP contribution is 2.43. The summed E-state index contributed by atoms with van der Waals surface area (Å²) in [6.45, 7) is 4.84. The molecule has 0 fully saturated rings. The van der Waals surface area contributed by atoms with Crippen molar-refractivity contribution in [2.24, 2.45) is 0 Å². The van der Waals surface area contributed by atoms with Crippen molar-refractivity contribution in [2.75, 3.05) is 40.9 Å². The van der Waals surface area contributed by atoms with Crippen molar-refractivity contribution in [2.45, 2.75) is 321 Å². The van der Waals surface area contributed by atoms with Gasteiger partial charge in [0.05, 0.1) is 39.9 Å². The molecule has 3 unspecified atom stereocenters. The van der Waals surface area contributed by atoms with E-state index in [4.69, 9.17) is 9.05 Å². The Hall–Kier alpha value is -1.28. The van der Waals surface area contributed by atoms with E-state index in [0.29, 0.717) is 17.4 Å². The second-order valence-electron chi connectivity index (χ2n) is 22.8. The summed E-state index contributed by atoms with van der Waals surface area (Å²) in [6, 6.07) is -0.862. The molecule has 0 radical (unpaired) electrons. The standard InChI is InChI=1S/C63H123N2O6P/c1-6-8-10-12-14-16-18-20-22-24-26-28-29-30-31-32-33-34-35-37-39-41-43-45-47-49-51-53-55-57-63(67)64-61(60-71-72(68,69)70-59-58-65(3,4)5)62(66)56-54-52-50-48-46-44-42-40-38-36-27-25-23-21-19-17-15-13-11-9-7-2/h24,26,46,48,54,56,61-62,66H,6-23,25,27-45,47,49-53,55,57-60H2,1-5H3,(H-,64,67,68,69)/p+1/b26-24-,48-46+,56-54+. The number of allylic oxidation sites excluding steroid dienone is 5. The maximum absolute atomic E-state index is 13.0. The van der Waals surface area contributed by atoms with E-state index in [-0.39, 0.29) is 19.1 Å². The average molecular weight is 1040 g/mol. The summed E-state index contributed by atoms with van der Waals surface area (Å²) in [4.78, 5) is 23.3. The van der Waals surface area contributed by atoms with Gasteiger partial charge in [0, 0.05) is 6.42 Å². The Morgan fingerprint density at radius 3 is 1.11 bits per heavy atom. The van der Waals surface area contributed by atoms with Crippen LogP contribution in [0.4, 0.5) is 0 Å². The molecular weight excluding hydrogens is 912 g/mol. The van der Waals surface area contributed by atoms with Gasteiger partial charge in [0.2, 0.25) is 5.91 Å². The van der Waals surface area contributed by atoms with E-state index in [1.807, 2.05) is 27.2 Å². The van der Waals surface area contributed by atoms with Crippen LogP contribution in [0.25, 0.3) is 0 Å². The first kappa shape index (κ1) is 70.7. The minimum Gasteiger partial charge on any atom is -0.387 e. The predicted octanol–water partition coefficient (Wildman–Crippen LogP) is 19.3. The van der Waals surface area contributed by atoms with Crippen LogP contribution in [0.2, 0.25) is 0 Å². The zero-order valence-corrected chi connectivity index (χ0v) is 49.6. The first-order valence-electron chi connectivity index (χ1n) is 31.4. The molecule has 0 saturated carbocycles. The molecule has 0 rings (SSSR count). The van der Waals surface area contributed by atoms with E-state index in [9.17, 15) is 19.4 Å². The molecule has 0 aromatic rings. The van der Waals surface area contributed by atoms with Crippen molar-refractivity contribution in [3.05, 3.63) is 36.5 Å². The van der Waals surface area contributed by atoms with Crippen molar-refractivity contribution in [1.29, 1.82) is 0 Å². The van der Waals surface area contributed by atoms with E-state index < -0.39 is 20.0 Å². The van der Waals surface area contributed by atoms with Gasteiger partial charge in [-0.3, -0.25) is 13.8 Å². The van der Waals surface area contributed by atoms with Gasteiger partial charge in [-0.15, -0.1) is 0 Å². The molecule has 0 aliphatic carbocycles. The van der Waals surface area contributed by atoms with Gasteiger partial charge in [0.15, 0.2) is 0 Å². The second-order valence-corrected chi connectivity index (χ2v) is 24.2. The maximum Gasteiger partial charge on any atom is 0.472 e. The van der Waals surface area contributed by atoms with E-state index >= 15 is 0 Å². The third-order valence-corrected chi connectivity index (χ3v) is 15.3. The molecule has 0 aliphatic heterocycles. The number of phosphoric acid groups is 1. The molecule has 0 heterocycles. The molecule has 3 atom stereocenters.